The highest BCUT2D eigenvalue weighted by atomic mass is 16.8. The Bertz CT molecular complexity index is 1620. The minimum atomic E-state index is -2.39. The summed E-state index contributed by atoms with van der Waals surface area (Å²) in [5.41, 5.74) is 0. The van der Waals surface area contributed by atoms with Crippen molar-refractivity contribution >= 4 is 11.7 Å². The lowest BCUT2D eigenvalue weighted by Gasteiger charge is -2.49. The number of rotatable bonds is 45. The van der Waals surface area contributed by atoms with E-state index < -0.39 is 154 Å². The summed E-state index contributed by atoms with van der Waals surface area (Å²) in [6.07, 6.45) is -3.84. The average molecular weight is 1170 g/mol. The number of carbonyl (C=O) groups is 2. The quantitative estimate of drug-likeness (QED) is 0.0308. The first-order valence-electron chi connectivity index (χ1n) is 31.2. The van der Waals surface area contributed by atoms with Gasteiger partial charge in [-0.25, -0.2) is 0 Å². The minimum absolute atomic E-state index is 0.00255. The molecule has 0 aliphatic carbocycles. The summed E-state index contributed by atoms with van der Waals surface area (Å²) < 4.78 is 34.9. The van der Waals surface area contributed by atoms with Crippen LogP contribution in [-0.4, -0.2) is 220 Å². The Labute approximate surface area is 482 Å². The molecule has 1 amide bonds. The number of amides is 1. The minimum Gasteiger partial charge on any atom is -0.394 e. The summed E-state index contributed by atoms with van der Waals surface area (Å²) in [5.74, 6) is -1.83. The Hall–Kier alpha value is -1.62. The SMILES string of the molecule is CCCCCCCCCCCCCCCCCCCC[C@@H](O)C(=O)[C@@H](O)C(=O)N[C@@H](CO[C@@H]1O[C@H](CO)[C@@H](O[C@@H]2O[C@H](CO)[C@H](O)[C@H](O)[C@H]2O)[C@H](O[C@H]2O[C@H](C)[C@H](O)[C@H](O)[C@H]2O)[C@H]1O)[C@H](O)[C@H](O)CCCCCCCCCCC(C)C. The second kappa shape index (κ2) is 41.5. The molecule has 22 heteroatoms. The largest absolute Gasteiger partial charge is 0.394 e. The van der Waals surface area contributed by atoms with Crippen LogP contribution >= 0.6 is 0 Å². The van der Waals surface area contributed by atoms with Crippen LogP contribution < -0.4 is 5.32 Å². The molecule has 3 heterocycles. The van der Waals surface area contributed by atoms with E-state index in [1.807, 2.05) is 0 Å². The van der Waals surface area contributed by atoms with E-state index in [-0.39, 0.29) is 12.8 Å². The first kappa shape index (κ1) is 73.6. The summed E-state index contributed by atoms with van der Waals surface area (Å²) in [6, 6.07) is -1.63. The number of aliphatic hydroxyl groups excluding tert-OH is 13. The monoisotopic (exact) mass is 1170 g/mol. The van der Waals surface area contributed by atoms with Crippen LogP contribution in [-0.2, 0) is 38.0 Å². The van der Waals surface area contributed by atoms with Gasteiger partial charge in [0, 0.05) is 0 Å². The van der Waals surface area contributed by atoms with Gasteiger partial charge in [-0.05, 0) is 25.7 Å². The summed E-state index contributed by atoms with van der Waals surface area (Å²) in [5, 5.41) is 143. The van der Waals surface area contributed by atoms with Gasteiger partial charge < -0.3 is 100 Å². The van der Waals surface area contributed by atoms with Gasteiger partial charge in [-0.3, -0.25) is 9.59 Å². The zero-order valence-electron chi connectivity index (χ0n) is 49.3. The molecule has 0 aromatic rings. The maximum Gasteiger partial charge on any atom is 0.257 e. The van der Waals surface area contributed by atoms with E-state index in [0.717, 1.165) is 70.6 Å². The number of hydrogen-bond acceptors (Lipinski definition) is 21. The van der Waals surface area contributed by atoms with Gasteiger partial charge in [0.2, 0.25) is 0 Å². The first-order chi connectivity index (χ1) is 38.8. The van der Waals surface area contributed by atoms with Crippen molar-refractivity contribution in [2.45, 2.75) is 336 Å². The summed E-state index contributed by atoms with van der Waals surface area (Å²) in [6.45, 7) is 5.42. The molecule has 3 rings (SSSR count). The number of ketones is 1. The van der Waals surface area contributed by atoms with E-state index in [2.05, 4.69) is 26.1 Å². The Morgan fingerprint density at radius 1 is 0.481 bits per heavy atom. The van der Waals surface area contributed by atoms with Crippen LogP contribution in [0.1, 0.15) is 214 Å². The van der Waals surface area contributed by atoms with E-state index in [4.69, 9.17) is 28.4 Å². The van der Waals surface area contributed by atoms with E-state index in [0.29, 0.717) is 18.8 Å². The molecule has 20 atom stereocenters. The number of unbranched alkanes of at least 4 members (excludes halogenated alkanes) is 24. The number of aliphatic hydroxyl groups is 13. The summed E-state index contributed by atoms with van der Waals surface area (Å²) >= 11 is 0. The highest BCUT2D eigenvalue weighted by Gasteiger charge is 2.54. The van der Waals surface area contributed by atoms with Gasteiger partial charge in [-0.2, -0.15) is 0 Å². The fourth-order valence-corrected chi connectivity index (χ4v) is 10.9. The zero-order valence-corrected chi connectivity index (χ0v) is 49.3. The maximum absolute atomic E-state index is 13.6. The normalized spacial score (nSPS) is 31.0. The van der Waals surface area contributed by atoms with Crippen LogP contribution in [0.15, 0.2) is 0 Å². The number of ether oxygens (including phenoxy) is 6. The number of nitrogens with one attached hydrogen (secondary N) is 1. The third-order valence-corrected chi connectivity index (χ3v) is 16.3. The molecule has 81 heavy (non-hydrogen) atoms. The molecule has 0 unspecified atom stereocenters. The Morgan fingerprint density at radius 3 is 1.38 bits per heavy atom. The van der Waals surface area contributed by atoms with Crippen molar-refractivity contribution in [1.29, 1.82) is 0 Å². The molecule has 14 N–H and O–H groups in total. The van der Waals surface area contributed by atoms with E-state index in [9.17, 15) is 76.0 Å². The molecule has 3 aliphatic heterocycles. The highest BCUT2D eigenvalue weighted by Crippen LogP contribution is 2.34. The molecule has 0 saturated carbocycles. The van der Waals surface area contributed by atoms with Crippen LogP contribution in [0.2, 0.25) is 0 Å². The lowest BCUT2D eigenvalue weighted by molar-refractivity contribution is -0.386. The molecule has 0 radical (unpaired) electrons. The molecule has 22 nitrogen and oxygen atoms in total. The van der Waals surface area contributed by atoms with Gasteiger partial charge in [0.1, 0.15) is 79.4 Å². The third-order valence-electron chi connectivity index (χ3n) is 16.3. The fourth-order valence-electron chi connectivity index (χ4n) is 10.9. The van der Waals surface area contributed by atoms with Crippen LogP contribution in [0.3, 0.4) is 0 Å². The Balaban J connectivity index is 1.66. The summed E-state index contributed by atoms with van der Waals surface area (Å²) in [7, 11) is 0. The highest BCUT2D eigenvalue weighted by molar-refractivity contribution is 6.05. The topological polar surface area (TPSA) is 365 Å². The number of Topliss-reactive ketones (excluding diaryl/α,β-unsaturated/α-hetero) is 1. The lowest BCUT2D eigenvalue weighted by atomic mass is 9.96. The number of hydrogen-bond donors (Lipinski definition) is 14. The third kappa shape index (κ3) is 26.1. The van der Waals surface area contributed by atoms with Crippen LogP contribution in [0.5, 0.6) is 0 Å². The second-order valence-corrected chi connectivity index (χ2v) is 23.7. The van der Waals surface area contributed by atoms with Crippen molar-refractivity contribution < 1.29 is 104 Å². The molecular weight excluding hydrogens is 1060 g/mol. The van der Waals surface area contributed by atoms with Crippen molar-refractivity contribution in [2.24, 2.45) is 5.92 Å². The van der Waals surface area contributed by atoms with Crippen molar-refractivity contribution in [3.05, 3.63) is 0 Å². The molecule has 0 bridgehead atoms. The van der Waals surface area contributed by atoms with Crippen LogP contribution in [0.25, 0.3) is 0 Å². The van der Waals surface area contributed by atoms with Gasteiger partial charge in [0.05, 0.1) is 38.1 Å². The molecule has 3 saturated heterocycles. The summed E-state index contributed by atoms with van der Waals surface area (Å²) in [4.78, 5) is 26.9. The van der Waals surface area contributed by atoms with Gasteiger partial charge in [-0.1, -0.05) is 194 Å². The van der Waals surface area contributed by atoms with Crippen molar-refractivity contribution in [1.82, 2.24) is 5.32 Å². The fraction of sp³-hybridized carbons (Fsp3) is 0.966. The number of carbonyl (C=O) groups excluding carboxylic acids is 2. The molecular formula is C59H111NO21. The van der Waals surface area contributed by atoms with Gasteiger partial charge in [-0.15, -0.1) is 0 Å². The standard InChI is InChI=1S/C59H111NO21/c1-5-6-7-8-9-10-11-12-13-14-15-16-17-18-19-23-27-30-33-41(64)46(67)50(71)56(75)60-39(45(66)40(63)32-29-26-24-21-20-22-25-28-31-37(2)3)36-76-57-53(74)55(81-58-51(72)48(69)44(65)38(4)77-58)54(43(35-62)79-57)80-59-52(73)49(70)47(68)42(34-61)78-59/h37-45,47-55,57-59,61-66,68-74H,5-36H2,1-4H3,(H,60,75)/t38-,39+,40-,41-,42-,43-,44+,45+,47+,48+,49+,50-,51-,52-,53-,54-,55-,57-,58-,59+/m1/s1. The lowest BCUT2D eigenvalue weighted by Crippen LogP contribution is -2.67. The molecule has 3 aliphatic rings. The predicted molar refractivity (Wildman–Crippen MR) is 299 cm³/mol. The van der Waals surface area contributed by atoms with Crippen molar-refractivity contribution in [3.8, 4) is 0 Å². The van der Waals surface area contributed by atoms with Crippen LogP contribution in [0, 0.1) is 5.92 Å². The first-order valence-corrected chi connectivity index (χ1v) is 31.2. The Kier molecular flexibility index (Phi) is 37.7. The van der Waals surface area contributed by atoms with E-state index in [1.165, 1.54) is 96.8 Å². The maximum atomic E-state index is 13.6. The molecule has 0 spiro atoms. The van der Waals surface area contributed by atoms with Crippen LogP contribution in [0.4, 0.5) is 0 Å². The molecule has 3 fully saturated rings. The van der Waals surface area contributed by atoms with E-state index in [1.54, 1.807) is 0 Å². The molecule has 0 aromatic carbocycles. The van der Waals surface area contributed by atoms with Crippen molar-refractivity contribution in [2.75, 3.05) is 19.8 Å². The molecule has 478 valence electrons. The zero-order chi connectivity index (χ0) is 59.9. The average Bonchev–Trinajstić information content (AvgIpc) is 3.49. The van der Waals surface area contributed by atoms with Gasteiger partial charge in [0.25, 0.3) is 5.91 Å². The second-order valence-electron chi connectivity index (χ2n) is 23.7. The van der Waals surface area contributed by atoms with E-state index >= 15 is 0 Å². The van der Waals surface area contributed by atoms with Crippen molar-refractivity contribution in [3.63, 3.8) is 0 Å². The smallest absolute Gasteiger partial charge is 0.257 e. The predicted octanol–water partition coefficient (Wildman–Crippen LogP) is 2.97. The Morgan fingerprint density at radius 2 is 0.901 bits per heavy atom. The van der Waals surface area contributed by atoms with Gasteiger partial charge >= 0.3 is 0 Å². The van der Waals surface area contributed by atoms with Gasteiger partial charge in [0.15, 0.2) is 30.8 Å². The molecule has 0 aromatic heterocycles.